The number of nitrogens with one attached hydrogen (secondary N) is 2. The molecule has 0 saturated carbocycles. The van der Waals surface area contributed by atoms with Gasteiger partial charge >= 0.3 is 0 Å². The van der Waals surface area contributed by atoms with Gasteiger partial charge in [0.25, 0.3) is 5.91 Å². The lowest BCUT2D eigenvalue weighted by Gasteiger charge is -2.19. The van der Waals surface area contributed by atoms with Crippen molar-refractivity contribution in [3.63, 3.8) is 0 Å². The molecule has 0 fully saturated rings. The highest BCUT2D eigenvalue weighted by molar-refractivity contribution is 6.00. The van der Waals surface area contributed by atoms with Crippen LogP contribution >= 0.6 is 0 Å². The summed E-state index contributed by atoms with van der Waals surface area (Å²) in [6.45, 7) is 9.14. The number of benzene rings is 1. The number of anilines is 2. The molecule has 2 aromatic heterocycles. The summed E-state index contributed by atoms with van der Waals surface area (Å²) in [4.78, 5) is 21.2. The molecular formula is C26H33FN4O3. The minimum absolute atomic E-state index is 0.119. The first-order valence-corrected chi connectivity index (χ1v) is 11.3. The van der Waals surface area contributed by atoms with Crippen LogP contribution in [-0.2, 0) is 0 Å². The summed E-state index contributed by atoms with van der Waals surface area (Å²) < 4.78 is 14.5. The number of aliphatic hydroxyl groups is 2. The Morgan fingerprint density at radius 1 is 1.06 bits per heavy atom. The summed E-state index contributed by atoms with van der Waals surface area (Å²) in [6, 6.07) is 7.50. The topological polar surface area (TPSA) is 107 Å². The normalized spacial score (nSPS) is 10.6. The standard InChI is InChI=1S/C24H27FN4O3.C2H6/c1-14(2)18-11-27-22(17-8-15(3)4-5-20(17)25)9-23(18)29-21-6-7-26-10-19(21)24(32)28-16(12-30)13-31;1-2/h4-11,14,16,30-31H,12-13H2,1-3H3,(H,28,32)(H,26,27,29);1-2H3. The predicted octanol–water partition coefficient (Wildman–Crippen LogP) is 4.57. The Labute approximate surface area is 200 Å². The predicted molar refractivity (Wildman–Crippen MR) is 133 cm³/mol. The number of amides is 1. The van der Waals surface area contributed by atoms with Gasteiger partial charge in [0, 0.05) is 29.8 Å². The van der Waals surface area contributed by atoms with Crippen LogP contribution in [0.3, 0.4) is 0 Å². The molecule has 0 atom stereocenters. The SMILES string of the molecule is CC.Cc1ccc(F)c(-c2cc(Nc3ccncc3C(=O)NC(CO)CO)c(C(C)C)cn2)c1. The fourth-order valence-corrected chi connectivity index (χ4v) is 3.26. The first-order chi connectivity index (χ1) is 16.3. The minimum atomic E-state index is -0.779. The summed E-state index contributed by atoms with van der Waals surface area (Å²) >= 11 is 0. The molecule has 4 N–H and O–H groups in total. The third kappa shape index (κ3) is 6.59. The molecule has 8 heteroatoms. The van der Waals surface area contributed by atoms with Gasteiger partial charge in [-0.1, -0.05) is 39.3 Å². The number of aryl methyl sites for hydroxylation is 1. The number of carbonyl (C=O) groups excluding carboxylic acids is 1. The Bertz CT molecular complexity index is 1100. The van der Waals surface area contributed by atoms with E-state index in [1.165, 1.54) is 12.3 Å². The Balaban J connectivity index is 0.00000199. The highest BCUT2D eigenvalue weighted by atomic mass is 19.1. The van der Waals surface area contributed by atoms with Crippen molar-refractivity contribution in [3.05, 3.63) is 71.4 Å². The summed E-state index contributed by atoms with van der Waals surface area (Å²) in [5.41, 5.74) is 4.09. The number of rotatable bonds is 8. The van der Waals surface area contributed by atoms with Gasteiger partial charge in [-0.05, 0) is 42.7 Å². The number of nitrogens with zero attached hydrogens (tertiary/aromatic N) is 2. The van der Waals surface area contributed by atoms with Gasteiger partial charge < -0.3 is 20.8 Å². The average molecular weight is 469 g/mol. The van der Waals surface area contributed by atoms with Gasteiger partial charge in [0.1, 0.15) is 5.82 Å². The first-order valence-electron chi connectivity index (χ1n) is 11.3. The number of halogens is 1. The van der Waals surface area contributed by atoms with Crippen LogP contribution in [0.1, 0.15) is 55.1 Å². The number of carbonyl (C=O) groups is 1. The van der Waals surface area contributed by atoms with E-state index >= 15 is 0 Å². The molecule has 0 spiro atoms. The van der Waals surface area contributed by atoms with Gasteiger partial charge in [-0.15, -0.1) is 0 Å². The van der Waals surface area contributed by atoms with Crippen LogP contribution < -0.4 is 10.6 Å². The maximum absolute atomic E-state index is 14.5. The summed E-state index contributed by atoms with van der Waals surface area (Å²) in [7, 11) is 0. The van der Waals surface area contributed by atoms with Crippen molar-refractivity contribution in [2.45, 2.75) is 46.6 Å². The zero-order valence-corrected chi connectivity index (χ0v) is 20.3. The van der Waals surface area contributed by atoms with Crippen molar-refractivity contribution in [1.82, 2.24) is 15.3 Å². The van der Waals surface area contributed by atoms with Crippen molar-refractivity contribution in [3.8, 4) is 11.3 Å². The number of pyridine rings is 2. The van der Waals surface area contributed by atoms with Gasteiger partial charge in [-0.2, -0.15) is 0 Å². The molecule has 0 radical (unpaired) electrons. The van der Waals surface area contributed by atoms with Crippen molar-refractivity contribution >= 4 is 17.3 Å². The van der Waals surface area contributed by atoms with E-state index in [0.717, 1.165) is 11.1 Å². The van der Waals surface area contributed by atoms with Crippen molar-refractivity contribution in [2.75, 3.05) is 18.5 Å². The van der Waals surface area contributed by atoms with E-state index in [2.05, 4.69) is 20.6 Å². The van der Waals surface area contributed by atoms with Crippen molar-refractivity contribution in [1.29, 1.82) is 0 Å². The molecule has 0 saturated heterocycles. The van der Waals surface area contributed by atoms with Crippen LogP contribution in [0.2, 0.25) is 0 Å². The quantitative estimate of drug-likeness (QED) is 0.386. The third-order valence-electron chi connectivity index (χ3n) is 5.07. The molecule has 7 nitrogen and oxygen atoms in total. The zero-order chi connectivity index (χ0) is 25.3. The lowest BCUT2D eigenvalue weighted by Crippen LogP contribution is -2.40. The third-order valence-corrected chi connectivity index (χ3v) is 5.07. The van der Waals surface area contributed by atoms with Crippen LogP contribution in [0.25, 0.3) is 11.3 Å². The van der Waals surface area contributed by atoms with Crippen LogP contribution in [-0.4, -0.2) is 45.3 Å². The van der Waals surface area contributed by atoms with E-state index in [0.29, 0.717) is 22.6 Å². The second-order valence-corrected chi connectivity index (χ2v) is 7.88. The number of aromatic nitrogens is 2. The van der Waals surface area contributed by atoms with E-state index in [1.54, 1.807) is 36.7 Å². The summed E-state index contributed by atoms with van der Waals surface area (Å²) in [6.07, 6.45) is 4.66. The largest absolute Gasteiger partial charge is 0.394 e. The van der Waals surface area contributed by atoms with Gasteiger partial charge in [-0.25, -0.2) is 4.39 Å². The molecular weight excluding hydrogens is 435 g/mol. The molecule has 182 valence electrons. The minimum Gasteiger partial charge on any atom is -0.394 e. The van der Waals surface area contributed by atoms with E-state index in [4.69, 9.17) is 0 Å². The van der Waals surface area contributed by atoms with Gasteiger partial charge in [-0.3, -0.25) is 14.8 Å². The molecule has 3 rings (SSSR count). The summed E-state index contributed by atoms with van der Waals surface area (Å²) in [5, 5.41) is 24.4. The molecule has 2 heterocycles. The molecule has 0 aliphatic rings. The van der Waals surface area contributed by atoms with Gasteiger partial charge in [0.05, 0.1) is 36.2 Å². The molecule has 0 aliphatic heterocycles. The van der Waals surface area contributed by atoms with Crippen LogP contribution in [0.5, 0.6) is 0 Å². The number of hydrogen-bond acceptors (Lipinski definition) is 6. The second-order valence-electron chi connectivity index (χ2n) is 7.88. The zero-order valence-electron chi connectivity index (χ0n) is 20.3. The Kier molecular flexibility index (Phi) is 10.1. The van der Waals surface area contributed by atoms with E-state index in [1.807, 2.05) is 34.6 Å². The van der Waals surface area contributed by atoms with Crippen LogP contribution in [0, 0.1) is 12.7 Å². The van der Waals surface area contributed by atoms with Crippen molar-refractivity contribution in [2.24, 2.45) is 0 Å². The summed E-state index contributed by atoms with van der Waals surface area (Å²) in [5.74, 6) is -0.734. The van der Waals surface area contributed by atoms with E-state index in [9.17, 15) is 19.4 Å². The Hall–Kier alpha value is -3.36. The van der Waals surface area contributed by atoms with E-state index in [-0.39, 0.29) is 17.3 Å². The Morgan fingerprint density at radius 2 is 1.76 bits per heavy atom. The molecule has 0 aliphatic carbocycles. The maximum Gasteiger partial charge on any atom is 0.255 e. The molecule has 1 aromatic carbocycles. The smallest absolute Gasteiger partial charge is 0.255 e. The van der Waals surface area contributed by atoms with E-state index < -0.39 is 25.2 Å². The van der Waals surface area contributed by atoms with Crippen LogP contribution in [0.4, 0.5) is 15.8 Å². The van der Waals surface area contributed by atoms with Gasteiger partial charge in [0.15, 0.2) is 0 Å². The highest BCUT2D eigenvalue weighted by Crippen LogP contribution is 2.32. The van der Waals surface area contributed by atoms with Crippen molar-refractivity contribution < 1.29 is 19.4 Å². The fraction of sp³-hybridized carbons (Fsp3) is 0.346. The lowest BCUT2D eigenvalue weighted by atomic mass is 10.00. The number of hydrogen-bond donors (Lipinski definition) is 4. The monoisotopic (exact) mass is 468 g/mol. The van der Waals surface area contributed by atoms with Crippen LogP contribution in [0.15, 0.2) is 48.9 Å². The average Bonchev–Trinajstić information content (AvgIpc) is 2.85. The highest BCUT2D eigenvalue weighted by Gasteiger charge is 2.18. The number of aliphatic hydroxyl groups excluding tert-OH is 2. The van der Waals surface area contributed by atoms with Gasteiger partial charge in [0.2, 0.25) is 0 Å². The first kappa shape index (κ1) is 26.9. The molecule has 0 bridgehead atoms. The fourth-order valence-electron chi connectivity index (χ4n) is 3.26. The Morgan fingerprint density at radius 3 is 2.41 bits per heavy atom. The molecule has 34 heavy (non-hydrogen) atoms. The molecule has 1 amide bonds. The lowest BCUT2D eigenvalue weighted by molar-refractivity contribution is 0.0880. The molecule has 3 aromatic rings. The second kappa shape index (κ2) is 12.8. The molecule has 0 unspecified atom stereocenters. The maximum atomic E-state index is 14.5.